The second-order valence-corrected chi connectivity index (χ2v) is 11.0. The molecular weight excluding hydrogens is 521 g/mol. The van der Waals surface area contributed by atoms with E-state index in [2.05, 4.69) is 59.4 Å². The predicted molar refractivity (Wildman–Crippen MR) is 166 cm³/mol. The van der Waals surface area contributed by atoms with E-state index < -0.39 is 5.54 Å². The maximum Gasteiger partial charge on any atom is 0.212 e. The minimum absolute atomic E-state index is 0.376. The molecule has 2 heterocycles. The molecule has 0 bridgehead atoms. The summed E-state index contributed by atoms with van der Waals surface area (Å²) in [5, 5.41) is 8.23. The van der Waals surface area contributed by atoms with Crippen LogP contribution in [-0.4, -0.2) is 39.3 Å². The molecule has 0 amide bonds. The molecule has 0 saturated heterocycles. The maximum absolute atomic E-state index is 12.5. The van der Waals surface area contributed by atoms with Crippen molar-refractivity contribution in [1.29, 1.82) is 0 Å². The van der Waals surface area contributed by atoms with Gasteiger partial charge in [-0.05, 0) is 86.2 Å². The molecule has 0 saturated carbocycles. The minimum Gasteiger partial charge on any atom is -0.473 e. The molecule has 3 aromatic rings. The molecule has 0 fully saturated rings. The van der Waals surface area contributed by atoms with Crippen molar-refractivity contribution < 1.29 is 9.13 Å². The molecule has 0 aliphatic carbocycles. The van der Waals surface area contributed by atoms with Crippen molar-refractivity contribution in [2.75, 3.05) is 19.0 Å². The molecule has 0 aliphatic rings. The molecule has 214 valence electrons. The van der Waals surface area contributed by atoms with Crippen LogP contribution in [0.2, 0.25) is 0 Å². The Morgan fingerprint density at radius 2 is 2.05 bits per heavy atom. The van der Waals surface area contributed by atoms with Crippen LogP contribution in [0.1, 0.15) is 48.7 Å². The molecule has 3 rings (SSSR count). The topological polar surface area (TPSA) is 64.0 Å². The van der Waals surface area contributed by atoms with Gasteiger partial charge in [0.25, 0.3) is 0 Å². The van der Waals surface area contributed by atoms with Gasteiger partial charge in [-0.2, -0.15) is 5.10 Å². The van der Waals surface area contributed by atoms with E-state index in [4.69, 9.17) is 9.84 Å². The van der Waals surface area contributed by atoms with Crippen LogP contribution in [-0.2, 0) is 26.1 Å². The van der Waals surface area contributed by atoms with Crippen molar-refractivity contribution >= 4 is 17.5 Å². The first-order valence-corrected chi connectivity index (χ1v) is 14.6. The predicted octanol–water partition coefficient (Wildman–Crippen LogP) is 6.63. The second-order valence-electron chi connectivity index (χ2n) is 10.1. The monoisotopic (exact) mass is 563 g/mol. The largest absolute Gasteiger partial charge is 0.473 e. The summed E-state index contributed by atoms with van der Waals surface area (Å²) >= 11 is 1.36. The number of nitrogens with zero attached hydrogens (tertiary/aromatic N) is 3. The lowest BCUT2D eigenvalue weighted by molar-refractivity contribution is 0.274. The molecule has 0 radical (unpaired) electrons. The van der Waals surface area contributed by atoms with Gasteiger partial charge in [0.1, 0.15) is 6.61 Å². The third-order valence-corrected chi connectivity index (χ3v) is 7.58. The Hall–Kier alpha value is -3.20. The summed E-state index contributed by atoms with van der Waals surface area (Å²) in [7, 11) is 0. The molecule has 0 unspecified atom stereocenters. The highest BCUT2D eigenvalue weighted by Crippen LogP contribution is 2.26. The summed E-state index contributed by atoms with van der Waals surface area (Å²) in [6, 6.07) is 12.5. The number of nitrogens with one attached hydrogen (secondary N) is 2. The number of ether oxygens (including phenoxy) is 1. The van der Waals surface area contributed by atoms with Gasteiger partial charge in [-0.15, -0.1) is 0 Å². The molecule has 2 aromatic heterocycles. The number of aryl methyl sites for hydroxylation is 2. The Morgan fingerprint density at radius 3 is 2.73 bits per heavy atom. The average molecular weight is 564 g/mol. The number of alkyl halides is 1. The zero-order valence-corrected chi connectivity index (χ0v) is 25.0. The quantitative estimate of drug-likeness (QED) is 0.109. The van der Waals surface area contributed by atoms with E-state index in [0.29, 0.717) is 24.8 Å². The summed E-state index contributed by atoms with van der Waals surface area (Å²) in [5.74, 6) is 1.09. The Bertz CT molecular complexity index is 1290. The summed E-state index contributed by atoms with van der Waals surface area (Å²) in [4.78, 5) is 4.17. The number of halogens is 1. The SMILES string of the molecule is C=C/C(=C\C(=C)c1cc(OCc2ccc(CNCCc3cccnc3)c(C)c2)n(CC)n1)C(C)(C)NSCCF. The summed E-state index contributed by atoms with van der Waals surface area (Å²) in [6.07, 6.45) is 8.43. The highest BCUT2D eigenvalue weighted by Gasteiger charge is 2.22. The highest BCUT2D eigenvalue weighted by molar-refractivity contribution is 7.97. The first kappa shape index (κ1) is 31.3. The van der Waals surface area contributed by atoms with E-state index in [-0.39, 0.29) is 6.67 Å². The van der Waals surface area contributed by atoms with Gasteiger partial charge in [0.2, 0.25) is 5.88 Å². The Morgan fingerprint density at radius 1 is 1.23 bits per heavy atom. The molecule has 6 nitrogen and oxygen atoms in total. The van der Waals surface area contributed by atoms with Gasteiger partial charge in [0.05, 0.1) is 12.4 Å². The number of rotatable bonds is 17. The van der Waals surface area contributed by atoms with Crippen molar-refractivity contribution in [3.63, 3.8) is 0 Å². The van der Waals surface area contributed by atoms with Gasteiger partial charge >= 0.3 is 0 Å². The Labute approximate surface area is 243 Å². The van der Waals surface area contributed by atoms with Crippen LogP contribution in [0.4, 0.5) is 4.39 Å². The Balaban J connectivity index is 1.59. The van der Waals surface area contributed by atoms with E-state index in [1.807, 2.05) is 49.9 Å². The number of pyridine rings is 1. The van der Waals surface area contributed by atoms with Gasteiger partial charge in [-0.25, -0.2) is 4.68 Å². The Kier molecular flexibility index (Phi) is 12.2. The van der Waals surface area contributed by atoms with Gasteiger partial charge in [0.15, 0.2) is 0 Å². The lowest BCUT2D eigenvalue weighted by Gasteiger charge is -2.27. The summed E-state index contributed by atoms with van der Waals surface area (Å²) in [5.41, 5.74) is 6.89. The molecule has 8 heteroatoms. The lowest BCUT2D eigenvalue weighted by atomic mass is 9.93. The van der Waals surface area contributed by atoms with Crippen LogP contribution >= 0.6 is 11.9 Å². The fraction of sp³-hybridized carbons (Fsp3) is 0.375. The average Bonchev–Trinajstić information content (AvgIpc) is 3.37. The first-order chi connectivity index (χ1) is 19.3. The minimum atomic E-state index is -0.407. The fourth-order valence-electron chi connectivity index (χ4n) is 4.19. The van der Waals surface area contributed by atoms with Crippen molar-refractivity contribution in [3.8, 4) is 5.88 Å². The number of benzene rings is 1. The van der Waals surface area contributed by atoms with Gasteiger partial charge in [0, 0.05) is 42.8 Å². The summed E-state index contributed by atoms with van der Waals surface area (Å²) < 4.78 is 23.9. The van der Waals surface area contributed by atoms with Crippen LogP contribution in [0.25, 0.3) is 5.57 Å². The van der Waals surface area contributed by atoms with Gasteiger partial charge in [-0.3, -0.25) is 14.1 Å². The fourth-order valence-corrected chi connectivity index (χ4v) is 4.85. The van der Waals surface area contributed by atoms with Crippen LogP contribution in [0.15, 0.2) is 79.7 Å². The molecular formula is C32H42FN5OS. The number of aromatic nitrogens is 3. The van der Waals surface area contributed by atoms with E-state index in [1.165, 1.54) is 28.6 Å². The van der Waals surface area contributed by atoms with Gasteiger partial charge < -0.3 is 10.1 Å². The van der Waals surface area contributed by atoms with Crippen molar-refractivity contribution in [3.05, 3.63) is 108 Å². The van der Waals surface area contributed by atoms with Crippen LogP contribution in [0.5, 0.6) is 5.88 Å². The van der Waals surface area contributed by atoms with E-state index in [9.17, 15) is 4.39 Å². The second kappa shape index (κ2) is 15.6. The number of hydrogen-bond acceptors (Lipinski definition) is 6. The third-order valence-electron chi connectivity index (χ3n) is 6.57. The van der Waals surface area contributed by atoms with Gasteiger partial charge in [-0.1, -0.05) is 55.4 Å². The van der Waals surface area contributed by atoms with Crippen LogP contribution in [0.3, 0.4) is 0 Å². The van der Waals surface area contributed by atoms with Crippen LogP contribution < -0.4 is 14.8 Å². The van der Waals surface area contributed by atoms with E-state index >= 15 is 0 Å². The molecule has 0 spiro atoms. The third kappa shape index (κ3) is 9.18. The molecule has 0 atom stereocenters. The lowest BCUT2D eigenvalue weighted by Crippen LogP contribution is -2.36. The zero-order chi connectivity index (χ0) is 29.0. The molecule has 1 aromatic carbocycles. The first-order valence-electron chi connectivity index (χ1n) is 13.6. The number of allylic oxidation sites excluding steroid dienone is 2. The van der Waals surface area contributed by atoms with Crippen molar-refractivity contribution in [2.24, 2.45) is 0 Å². The van der Waals surface area contributed by atoms with Crippen LogP contribution in [0, 0.1) is 6.92 Å². The van der Waals surface area contributed by atoms with Crippen molar-refractivity contribution in [1.82, 2.24) is 24.8 Å². The number of hydrogen-bond donors (Lipinski definition) is 2. The smallest absolute Gasteiger partial charge is 0.212 e. The summed E-state index contributed by atoms with van der Waals surface area (Å²) in [6.45, 7) is 18.9. The molecule has 2 N–H and O–H groups in total. The zero-order valence-electron chi connectivity index (χ0n) is 24.2. The van der Waals surface area contributed by atoms with E-state index in [0.717, 1.165) is 41.9 Å². The van der Waals surface area contributed by atoms with E-state index in [1.54, 1.807) is 12.3 Å². The normalized spacial score (nSPS) is 12.0. The molecule has 40 heavy (non-hydrogen) atoms. The molecule has 0 aliphatic heterocycles. The maximum atomic E-state index is 12.5. The standard InChI is InChI=1S/C32H42FN5OS/c1-7-29(32(5,6)37-40-17-14-33)19-25(4)30-20-31(38(8-2)36-30)39-23-27-11-12-28(24(3)18-27)22-35-16-13-26-10-9-15-34-21-26/h7,9-12,15,18-21,35,37H,1,4,8,13-14,16-17,22-23H2,2-3,5-6H3/b29-19+. The van der Waals surface area contributed by atoms with Crippen molar-refractivity contribution in [2.45, 2.75) is 59.4 Å². The highest BCUT2D eigenvalue weighted by atomic mass is 32.2.